The highest BCUT2D eigenvalue weighted by Crippen LogP contribution is 2.47. The summed E-state index contributed by atoms with van der Waals surface area (Å²) in [6.45, 7) is 4.37. The van der Waals surface area contributed by atoms with Crippen LogP contribution in [-0.4, -0.2) is 23.7 Å². The number of aromatic nitrogens is 1. The molecular weight excluding hydrogens is 496 g/mol. The summed E-state index contributed by atoms with van der Waals surface area (Å²) >= 11 is 6.16. The topological polar surface area (TPSA) is 176 Å². The van der Waals surface area contributed by atoms with Crippen molar-refractivity contribution in [2.75, 3.05) is 12.3 Å². The number of allylic oxidation sites excluding steroid dienone is 2. The van der Waals surface area contributed by atoms with Gasteiger partial charge in [0.05, 0.1) is 18.0 Å². The molecule has 4 rings (SSSR count). The van der Waals surface area contributed by atoms with Gasteiger partial charge in [0.2, 0.25) is 0 Å². The first-order valence-electron chi connectivity index (χ1n) is 11.9. The molecule has 0 fully saturated rings. The van der Waals surface area contributed by atoms with Gasteiger partial charge in [0.15, 0.2) is 0 Å². The maximum absolute atomic E-state index is 12.1. The van der Waals surface area contributed by atoms with E-state index in [1.807, 2.05) is 25.1 Å². The summed E-state index contributed by atoms with van der Waals surface area (Å²) in [5.41, 5.74) is 12.2. The molecule has 0 saturated carbocycles. The predicted molar refractivity (Wildman–Crippen MR) is 143 cm³/mol. The zero-order valence-corrected chi connectivity index (χ0v) is 21.3. The van der Waals surface area contributed by atoms with Crippen molar-refractivity contribution in [3.8, 4) is 0 Å². The van der Waals surface area contributed by atoms with Gasteiger partial charge >= 0.3 is 12.1 Å². The van der Waals surface area contributed by atoms with Crippen molar-refractivity contribution in [1.82, 2.24) is 4.98 Å². The van der Waals surface area contributed by atoms with Crippen molar-refractivity contribution in [3.63, 3.8) is 0 Å². The highest BCUT2D eigenvalue weighted by molar-refractivity contribution is 6.31. The Kier molecular flexibility index (Phi) is 13.3. The molecule has 6 N–H and O–H groups in total. The zero-order valence-electron chi connectivity index (χ0n) is 20.6. The number of nitrogens with two attached hydrogens (primary N) is 3. The number of nitrogens with zero attached hydrogens (tertiary/aromatic N) is 3. The highest BCUT2D eigenvalue weighted by atomic mass is 35.5. The molecule has 1 heterocycles. The van der Waals surface area contributed by atoms with Gasteiger partial charge in [-0.1, -0.05) is 48.0 Å². The molecule has 11 heteroatoms. The minimum absolute atomic E-state index is 0. The lowest BCUT2D eigenvalue weighted by molar-refractivity contribution is -0.191. The number of carbonyl (C=O) groups is 1. The number of hydrogen-bond acceptors (Lipinski definition) is 8. The normalized spacial score (nSPS) is 18.0. The minimum Gasteiger partial charge on any atom is -0.466 e. The van der Waals surface area contributed by atoms with Crippen LogP contribution in [0.2, 0.25) is 5.02 Å². The first-order chi connectivity index (χ1) is 17.3. The van der Waals surface area contributed by atoms with Crippen LogP contribution in [0.4, 0.5) is 5.69 Å². The minimum atomic E-state index is -0.0597. The fourth-order valence-corrected chi connectivity index (χ4v) is 5.25. The Bertz CT molecular complexity index is 1140. The number of anilines is 1. The van der Waals surface area contributed by atoms with E-state index >= 15 is 0 Å². The largest absolute Gasteiger partial charge is 0.466 e. The van der Waals surface area contributed by atoms with Gasteiger partial charge in [-0.25, -0.2) is 0 Å². The van der Waals surface area contributed by atoms with Crippen LogP contribution >= 0.6 is 11.6 Å². The summed E-state index contributed by atoms with van der Waals surface area (Å²) in [4.78, 5) is 33.3. The van der Waals surface area contributed by atoms with Crippen molar-refractivity contribution in [1.29, 1.82) is 0 Å². The number of benzene rings is 1. The molecule has 0 radical (unpaired) electrons. The van der Waals surface area contributed by atoms with Crippen molar-refractivity contribution < 1.29 is 19.1 Å². The van der Waals surface area contributed by atoms with Gasteiger partial charge in [-0.05, 0) is 75.5 Å². The highest BCUT2D eigenvalue weighted by Gasteiger charge is 2.34. The van der Waals surface area contributed by atoms with E-state index in [9.17, 15) is 4.79 Å². The molecule has 2 aliphatic rings. The number of rotatable bonds is 6. The van der Waals surface area contributed by atoms with Crippen LogP contribution in [0.15, 0.2) is 40.3 Å². The fraction of sp³-hybridized carbons (Fsp3) is 0.500. The Labute approximate surface area is 222 Å². The van der Waals surface area contributed by atoms with Gasteiger partial charge in [0, 0.05) is 27.4 Å². The van der Waals surface area contributed by atoms with Gasteiger partial charge in [0.1, 0.15) is 0 Å². The lowest BCUT2D eigenvalue weighted by atomic mass is 9.70. The van der Waals surface area contributed by atoms with Crippen LogP contribution in [0.1, 0.15) is 70.6 Å². The van der Waals surface area contributed by atoms with Gasteiger partial charge in [0.25, 0.3) is 0 Å². The molecule has 3 atom stereocenters. The van der Waals surface area contributed by atoms with E-state index in [4.69, 9.17) is 36.6 Å². The van der Waals surface area contributed by atoms with Crippen LogP contribution in [-0.2, 0) is 25.5 Å². The summed E-state index contributed by atoms with van der Waals surface area (Å²) in [5, 5.41) is 6.96. The monoisotopic (exact) mass is 532 g/mol. The first kappa shape index (κ1) is 31.5. The molecule has 0 amide bonds. The Morgan fingerprint density at radius 1 is 1.24 bits per heavy atom. The number of ether oxygens (including phenoxy) is 1. The average molecular weight is 533 g/mol. The molecule has 37 heavy (non-hydrogen) atoms. The van der Waals surface area contributed by atoms with Crippen molar-refractivity contribution in [2.24, 2.45) is 34.0 Å². The van der Waals surface area contributed by atoms with Crippen LogP contribution in [0, 0.1) is 11.8 Å². The van der Waals surface area contributed by atoms with E-state index in [0.717, 1.165) is 60.8 Å². The summed E-state index contributed by atoms with van der Waals surface area (Å²) in [6, 6.07) is 5.77. The number of carbonyl (C=O) groups excluding carboxylic acids is 3. The van der Waals surface area contributed by atoms with Crippen LogP contribution in [0.5, 0.6) is 0 Å². The molecule has 1 aromatic carbocycles. The second-order valence-electron chi connectivity index (χ2n) is 8.68. The quantitative estimate of drug-likeness (QED) is 0.152. The van der Waals surface area contributed by atoms with E-state index in [2.05, 4.69) is 35.1 Å². The lowest BCUT2D eigenvalue weighted by Crippen LogP contribution is -2.25. The number of halogens is 1. The standard InChI is InChI=1S/C24H29ClN2O2.CO2.CH4.H4N4/c1-3-16(24(28)29-4-2)6-5-14-9-15-11-17(10-14)22-21(12-15)27-20-13-18(25)7-8-19(20)23(22)26;2-1-3;;1-3-4-2/h7-9,13,15-17H,3-6,10-12H2,1-2H3,(H2,26,27);;1H4;(H2,1,4)(H2,2,3). The van der Waals surface area contributed by atoms with Crippen molar-refractivity contribution in [2.45, 2.75) is 65.7 Å². The van der Waals surface area contributed by atoms with Gasteiger partial charge in [-0.2, -0.15) is 9.59 Å². The fourth-order valence-electron chi connectivity index (χ4n) is 5.08. The molecule has 0 aliphatic heterocycles. The summed E-state index contributed by atoms with van der Waals surface area (Å²) in [6.07, 6.45) is 8.39. The summed E-state index contributed by atoms with van der Waals surface area (Å²) < 4.78 is 5.23. The third-order valence-electron chi connectivity index (χ3n) is 6.53. The molecule has 202 valence electrons. The van der Waals surface area contributed by atoms with E-state index in [1.165, 1.54) is 11.1 Å². The third-order valence-corrected chi connectivity index (χ3v) is 6.77. The van der Waals surface area contributed by atoms with E-state index in [0.29, 0.717) is 23.5 Å². The smallest absolute Gasteiger partial charge is 0.373 e. The number of nitrogen functional groups attached to an aromatic ring is 1. The number of fused-ring (bicyclic) bond motifs is 5. The predicted octanol–water partition coefficient (Wildman–Crippen LogP) is 5.05. The molecule has 2 aliphatic carbocycles. The Balaban J connectivity index is 0.000000768. The molecule has 3 unspecified atom stereocenters. The molecule has 0 spiro atoms. The average Bonchev–Trinajstić information content (AvgIpc) is 2.84. The van der Waals surface area contributed by atoms with Crippen molar-refractivity contribution >= 4 is 40.3 Å². The Hall–Kier alpha value is -3.49. The Morgan fingerprint density at radius 2 is 1.92 bits per heavy atom. The molecule has 2 bridgehead atoms. The van der Waals surface area contributed by atoms with Crippen LogP contribution < -0.4 is 17.4 Å². The van der Waals surface area contributed by atoms with E-state index in [1.54, 1.807) is 0 Å². The van der Waals surface area contributed by atoms with Crippen LogP contribution in [0.25, 0.3) is 10.9 Å². The number of esters is 1. The van der Waals surface area contributed by atoms with Gasteiger partial charge < -0.3 is 22.2 Å². The lowest BCUT2D eigenvalue weighted by Gasteiger charge is -2.36. The van der Waals surface area contributed by atoms with E-state index < -0.39 is 0 Å². The Morgan fingerprint density at radius 3 is 2.51 bits per heavy atom. The molecule has 2 aromatic rings. The summed E-state index contributed by atoms with van der Waals surface area (Å²) in [7, 11) is 0. The van der Waals surface area contributed by atoms with Crippen LogP contribution in [0.3, 0.4) is 0 Å². The first-order valence-corrected chi connectivity index (χ1v) is 12.2. The van der Waals surface area contributed by atoms with Gasteiger partial charge in [-0.3, -0.25) is 9.78 Å². The maximum Gasteiger partial charge on any atom is 0.373 e. The van der Waals surface area contributed by atoms with E-state index in [-0.39, 0.29) is 25.5 Å². The number of pyridine rings is 1. The molecule has 0 saturated heterocycles. The molecule has 1 aromatic heterocycles. The molecular formula is C26H37ClN6O4. The molecule has 10 nitrogen and oxygen atoms in total. The third kappa shape index (κ3) is 8.27. The second-order valence-corrected chi connectivity index (χ2v) is 9.12. The van der Waals surface area contributed by atoms with Gasteiger partial charge in [-0.15, -0.1) is 0 Å². The zero-order chi connectivity index (χ0) is 26.7. The second kappa shape index (κ2) is 15.6. The number of hydrogen-bond donors (Lipinski definition) is 3. The maximum atomic E-state index is 12.1. The SMILES string of the molecule is C.CCOC(=O)C(CC)CCC1=CC2Cc3nc4cc(Cl)ccc4c(N)c3C(C1)C2.N/N=N/N.O=C=O. The van der Waals surface area contributed by atoms with Crippen molar-refractivity contribution in [3.05, 3.63) is 46.1 Å². The summed E-state index contributed by atoms with van der Waals surface area (Å²) in [5.74, 6) is 9.57.